The van der Waals surface area contributed by atoms with Crippen LogP contribution in [-0.4, -0.2) is 34.2 Å². The largest absolute Gasteiger partial charge is 0.465 e. The zero-order chi connectivity index (χ0) is 16.1. The van der Waals surface area contributed by atoms with Gasteiger partial charge < -0.3 is 4.74 Å². The van der Waals surface area contributed by atoms with Gasteiger partial charge >= 0.3 is 5.97 Å². The van der Waals surface area contributed by atoms with Crippen molar-refractivity contribution >= 4 is 12.2 Å². The molecule has 1 heterocycles. The standard InChI is InChI=1S/C17H14N4O2/c1-23-17(22)15-10-6-5-9-14(15)11-19-21-12-18-20-16(21)13-7-3-2-4-8-13/h2-12H,1H3/b19-11-. The van der Waals surface area contributed by atoms with Gasteiger partial charge in [0.05, 0.1) is 18.9 Å². The lowest BCUT2D eigenvalue weighted by molar-refractivity contribution is 0.0600. The van der Waals surface area contributed by atoms with E-state index in [0.717, 1.165) is 5.56 Å². The van der Waals surface area contributed by atoms with E-state index in [1.165, 1.54) is 13.4 Å². The van der Waals surface area contributed by atoms with Crippen molar-refractivity contribution in [3.8, 4) is 11.4 Å². The van der Waals surface area contributed by atoms with Crippen LogP contribution in [0.15, 0.2) is 66.0 Å². The number of benzene rings is 2. The first-order chi connectivity index (χ1) is 11.3. The zero-order valence-corrected chi connectivity index (χ0v) is 12.5. The minimum atomic E-state index is -0.404. The quantitative estimate of drug-likeness (QED) is 0.549. The van der Waals surface area contributed by atoms with Crippen LogP contribution in [0.3, 0.4) is 0 Å². The molecule has 0 fully saturated rings. The number of aromatic nitrogens is 3. The Morgan fingerprint density at radius 1 is 1.13 bits per heavy atom. The second-order valence-electron chi connectivity index (χ2n) is 4.69. The van der Waals surface area contributed by atoms with Crippen molar-refractivity contribution in [2.45, 2.75) is 0 Å². The summed E-state index contributed by atoms with van der Waals surface area (Å²) in [6, 6.07) is 16.7. The normalized spacial score (nSPS) is 10.8. The third-order valence-corrected chi connectivity index (χ3v) is 3.25. The first-order valence-electron chi connectivity index (χ1n) is 6.97. The lowest BCUT2D eigenvalue weighted by Crippen LogP contribution is -2.05. The Balaban J connectivity index is 1.94. The highest BCUT2D eigenvalue weighted by Crippen LogP contribution is 2.15. The summed E-state index contributed by atoms with van der Waals surface area (Å²) in [5, 5.41) is 12.3. The lowest BCUT2D eigenvalue weighted by Gasteiger charge is -2.03. The van der Waals surface area contributed by atoms with E-state index in [4.69, 9.17) is 4.74 Å². The first-order valence-corrected chi connectivity index (χ1v) is 6.97. The number of methoxy groups -OCH3 is 1. The third-order valence-electron chi connectivity index (χ3n) is 3.25. The van der Waals surface area contributed by atoms with Gasteiger partial charge in [-0.2, -0.15) is 9.78 Å². The second kappa shape index (κ2) is 6.65. The predicted molar refractivity (Wildman–Crippen MR) is 86.2 cm³/mol. The molecule has 3 rings (SSSR count). The fourth-order valence-electron chi connectivity index (χ4n) is 2.12. The van der Waals surface area contributed by atoms with Gasteiger partial charge in [-0.1, -0.05) is 48.5 Å². The highest BCUT2D eigenvalue weighted by atomic mass is 16.5. The summed E-state index contributed by atoms with van der Waals surface area (Å²) in [7, 11) is 1.35. The van der Waals surface area contributed by atoms with Gasteiger partial charge in [0.15, 0.2) is 5.82 Å². The van der Waals surface area contributed by atoms with Gasteiger partial charge in [-0.15, -0.1) is 10.2 Å². The molecular weight excluding hydrogens is 292 g/mol. The first kappa shape index (κ1) is 14.6. The summed E-state index contributed by atoms with van der Waals surface area (Å²) >= 11 is 0. The zero-order valence-electron chi connectivity index (χ0n) is 12.5. The maximum Gasteiger partial charge on any atom is 0.338 e. The number of hydrogen-bond donors (Lipinski definition) is 0. The van der Waals surface area contributed by atoms with Gasteiger partial charge in [0, 0.05) is 11.1 Å². The molecule has 6 nitrogen and oxygen atoms in total. The van der Waals surface area contributed by atoms with Crippen LogP contribution in [0.4, 0.5) is 0 Å². The van der Waals surface area contributed by atoms with Crippen molar-refractivity contribution in [2.75, 3.05) is 7.11 Å². The molecule has 0 spiro atoms. The van der Waals surface area contributed by atoms with Crippen LogP contribution in [0.1, 0.15) is 15.9 Å². The smallest absolute Gasteiger partial charge is 0.338 e. The maximum atomic E-state index is 11.8. The number of carbonyl (C=O) groups is 1. The molecule has 3 aromatic rings. The Hall–Kier alpha value is -3.28. The molecular formula is C17H14N4O2. The van der Waals surface area contributed by atoms with Gasteiger partial charge in [-0.25, -0.2) is 4.79 Å². The molecule has 0 aliphatic heterocycles. The van der Waals surface area contributed by atoms with Crippen LogP contribution in [0, 0.1) is 0 Å². The molecule has 0 aliphatic carbocycles. The van der Waals surface area contributed by atoms with E-state index in [0.29, 0.717) is 17.0 Å². The van der Waals surface area contributed by atoms with Crippen LogP contribution >= 0.6 is 0 Å². The molecule has 6 heteroatoms. The summed E-state index contributed by atoms with van der Waals surface area (Å²) < 4.78 is 6.33. The summed E-state index contributed by atoms with van der Waals surface area (Å²) in [6.45, 7) is 0. The van der Waals surface area contributed by atoms with E-state index in [1.54, 1.807) is 29.1 Å². The Labute approximate surface area is 133 Å². The monoisotopic (exact) mass is 306 g/mol. The molecule has 0 saturated heterocycles. The second-order valence-corrected chi connectivity index (χ2v) is 4.69. The maximum absolute atomic E-state index is 11.8. The van der Waals surface area contributed by atoms with Crippen molar-refractivity contribution in [1.82, 2.24) is 14.9 Å². The van der Waals surface area contributed by atoms with Gasteiger partial charge in [0.1, 0.15) is 6.33 Å². The average Bonchev–Trinajstić information content (AvgIpc) is 3.09. The Morgan fingerprint density at radius 3 is 2.65 bits per heavy atom. The minimum Gasteiger partial charge on any atom is -0.465 e. The number of esters is 1. The molecule has 0 bridgehead atoms. The molecule has 0 aliphatic rings. The molecule has 23 heavy (non-hydrogen) atoms. The van der Waals surface area contributed by atoms with Crippen LogP contribution in [0.25, 0.3) is 11.4 Å². The summed E-state index contributed by atoms with van der Waals surface area (Å²) in [4.78, 5) is 11.8. The summed E-state index contributed by atoms with van der Waals surface area (Å²) in [5.74, 6) is 0.219. The predicted octanol–water partition coefficient (Wildman–Crippen LogP) is 2.61. The number of rotatable bonds is 4. The fraction of sp³-hybridized carbons (Fsp3) is 0.0588. The van der Waals surface area contributed by atoms with Crippen molar-refractivity contribution in [2.24, 2.45) is 5.10 Å². The van der Waals surface area contributed by atoms with Crippen LogP contribution < -0.4 is 0 Å². The van der Waals surface area contributed by atoms with Gasteiger partial charge in [0.2, 0.25) is 0 Å². The van der Waals surface area contributed by atoms with Gasteiger partial charge in [-0.05, 0) is 6.07 Å². The molecule has 0 amide bonds. The van der Waals surface area contributed by atoms with Crippen LogP contribution in [-0.2, 0) is 4.74 Å². The molecule has 114 valence electrons. The third kappa shape index (κ3) is 3.16. The number of ether oxygens (including phenoxy) is 1. The molecule has 1 aromatic heterocycles. The number of hydrogen-bond acceptors (Lipinski definition) is 5. The van der Waals surface area contributed by atoms with E-state index in [9.17, 15) is 4.79 Å². The van der Waals surface area contributed by atoms with Crippen molar-refractivity contribution in [3.05, 3.63) is 72.1 Å². The minimum absolute atomic E-state index is 0.404. The van der Waals surface area contributed by atoms with Crippen molar-refractivity contribution < 1.29 is 9.53 Å². The van der Waals surface area contributed by atoms with E-state index in [-0.39, 0.29) is 0 Å². The van der Waals surface area contributed by atoms with Crippen molar-refractivity contribution in [3.63, 3.8) is 0 Å². The molecule has 0 saturated carbocycles. The highest BCUT2D eigenvalue weighted by Gasteiger charge is 2.10. The summed E-state index contributed by atoms with van der Waals surface area (Å²) in [6.07, 6.45) is 3.10. The number of nitrogens with zero attached hydrogens (tertiary/aromatic N) is 4. The van der Waals surface area contributed by atoms with E-state index in [1.807, 2.05) is 36.4 Å². The molecule has 0 N–H and O–H groups in total. The van der Waals surface area contributed by atoms with Gasteiger partial charge in [-0.3, -0.25) is 0 Å². The Bertz CT molecular complexity index is 841. The molecule has 0 unspecified atom stereocenters. The summed E-state index contributed by atoms with van der Waals surface area (Å²) in [5.41, 5.74) is 2.02. The average molecular weight is 306 g/mol. The SMILES string of the molecule is COC(=O)c1ccccc1/C=N\n1cnnc1-c1ccccc1. The van der Waals surface area contributed by atoms with Gasteiger partial charge in [0.25, 0.3) is 0 Å². The van der Waals surface area contributed by atoms with Crippen LogP contribution in [0.2, 0.25) is 0 Å². The molecule has 0 radical (unpaired) electrons. The molecule has 0 atom stereocenters. The topological polar surface area (TPSA) is 69.4 Å². The van der Waals surface area contributed by atoms with E-state index >= 15 is 0 Å². The molecule has 2 aromatic carbocycles. The lowest BCUT2D eigenvalue weighted by atomic mass is 10.1. The Morgan fingerprint density at radius 2 is 1.87 bits per heavy atom. The van der Waals surface area contributed by atoms with Crippen LogP contribution in [0.5, 0.6) is 0 Å². The fourth-order valence-corrected chi connectivity index (χ4v) is 2.12. The van der Waals surface area contributed by atoms with E-state index < -0.39 is 5.97 Å². The number of carbonyl (C=O) groups excluding carboxylic acids is 1. The van der Waals surface area contributed by atoms with E-state index in [2.05, 4.69) is 15.3 Å². The highest BCUT2D eigenvalue weighted by molar-refractivity contribution is 5.99. The van der Waals surface area contributed by atoms with Crippen molar-refractivity contribution in [1.29, 1.82) is 0 Å². The Kier molecular flexibility index (Phi) is 4.24.